The molecule has 2 aromatic heterocycles. The molecule has 11 nitrogen and oxygen atoms in total. The average Bonchev–Trinajstić information content (AvgIpc) is 3.46. The minimum absolute atomic E-state index is 0.114. The Hall–Kier alpha value is -3.77. The maximum absolute atomic E-state index is 12.9. The van der Waals surface area contributed by atoms with Crippen LogP contribution >= 0.6 is 22.9 Å². The number of piperidine rings is 1. The van der Waals surface area contributed by atoms with Crippen LogP contribution in [0.3, 0.4) is 0 Å². The first-order chi connectivity index (χ1) is 18.6. The number of fused-ring (bicyclic) bond motifs is 2. The van der Waals surface area contributed by atoms with Crippen LogP contribution in [0.2, 0.25) is 5.02 Å². The van der Waals surface area contributed by atoms with Crippen LogP contribution in [0.1, 0.15) is 60.6 Å². The van der Waals surface area contributed by atoms with Gasteiger partial charge in [0.15, 0.2) is 0 Å². The zero-order chi connectivity index (χ0) is 27.5. The second-order valence-electron chi connectivity index (χ2n) is 10.4. The second kappa shape index (κ2) is 9.45. The predicted molar refractivity (Wildman–Crippen MR) is 144 cm³/mol. The van der Waals surface area contributed by atoms with E-state index in [0.29, 0.717) is 32.6 Å². The Morgan fingerprint density at radius 2 is 1.97 bits per heavy atom. The lowest BCUT2D eigenvalue weighted by atomic mass is 10.0. The van der Waals surface area contributed by atoms with Gasteiger partial charge in [0, 0.05) is 17.5 Å². The van der Waals surface area contributed by atoms with Crippen molar-refractivity contribution >= 4 is 62.7 Å². The van der Waals surface area contributed by atoms with Crippen LogP contribution in [-0.4, -0.2) is 50.8 Å². The van der Waals surface area contributed by atoms with Crippen LogP contribution in [0.15, 0.2) is 24.3 Å². The van der Waals surface area contributed by atoms with Crippen molar-refractivity contribution in [2.75, 3.05) is 5.32 Å². The molecule has 3 aromatic rings. The van der Waals surface area contributed by atoms with Gasteiger partial charge in [0.1, 0.15) is 28.1 Å². The standard InChI is InChI=1S/C26H25ClN6O5S/c1-26(2,24-31-21-17(38-13-3-4-13)9-12(27)10-18(21)39-24)32-25(37)29-19-7-5-14-15(28-19)11-33(23(14)36)16-6-8-20(34)30-22(16)35/h5,7,9-10,13,16H,3-4,6,8,11H2,1-2H3,(H,30,34,35)(H2,28,29,32,37). The fourth-order valence-electron chi connectivity index (χ4n) is 4.68. The Kier molecular flexibility index (Phi) is 6.18. The summed E-state index contributed by atoms with van der Waals surface area (Å²) in [6.45, 7) is 3.81. The molecule has 3 N–H and O–H groups in total. The molecule has 1 aliphatic carbocycles. The highest BCUT2D eigenvalue weighted by atomic mass is 35.5. The van der Waals surface area contributed by atoms with Crippen molar-refractivity contribution in [1.29, 1.82) is 0 Å². The van der Waals surface area contributed by atoms with Gasteiger partial charge in [-0.2, -0.15) is 0 Å². The molecule has 2 aliphatic heterocycles. The summed E-state index contributed by atoms with van der Waals surface area (Å²) < 4.78 is 6.86. The van der Waals surface area contributed by atoms with Gasteiger partial charge in [0.2, 0.25) is 11.8 Å². The molecule has 1 unspecified atom stereocenters. The first-order valence-electron chi connectivity index (χ1n) is 12.6. The molecular weight excluding hydrogens is 544 g/mol. The number of benzene rings is 1. The van der Waals surface area contributed by atoms with Crippen molar-refractivity contribution < 1.29 is 23.9 Å². The maximum atomic E-state index is 12.9. The molecule has 0 radical (unpaired) electrons. The zero-order valence-corrected chi connectivity index (χ0v) is 22.7. The van der Waals surface area contributed by atoms with Gasteiger partial charge in [-0.15, -0.1) is 11.3 Å². The van der Waals surface area contributed by atoms with Crippen molar-refractivity contribution in [3.05, 3.63) is 45.6 Å². The van der Waals surface area contributed by atoms with Crippen LogP contribution in [0.5, 0.6) is 5.75 Å². The van der Waals surface area contributed by atoms with Crippen molar-refractivity contribution in [3.63, 3.8) is 0 Å². The fraction of sp³-hybridized carbons (Fsp3) is 0.385. The lowest BCUT2D eigenvalue weighted by Gasteiger charge is -2.29. The molecule has 4 heterocycles. The number of nitrogens with zero attached hydrogens (tertiary/aromatic N) is 3. The highest BCUT2D eigenvalue weighted by Crippen LogP contribution is 2.39. The highest BCUT2D eigenvalue weighted by molar-refractivity contribution is 7.18. The molecule has 39 heavy (non-hydrogen) atoms. The summed E-state index contributed by atoms with van der Waals surface area (Å²) in [5.74, 6) is -0.261. The summed E-state index contributed by atoms with van der Waals surface area (Å²) >= 11 is 7.72. The number of urea groups is 1. The van der Waals surface area contributed by atoms with E-state index in [0.717, 1.165) is 17.5 Å². The zero-order valence-electron chi connectivity index (χ0n) is 21.2. The first-order valence-corrected chi connectivity index (χ1v) is 13.8. The van der Waals surface area contributed by atoms with Gasteiger partial charge in [-0.3, -0.25) is 25.0 Å². The summed E-state index contributed by atoms with van der Waals surface area (Å²) in [5.41, 5.74) is 0.704. The number of ether oxygens (including phenoxy) is 1. The number of nitrogens with one attached hydrogen (secondary N) is 3. The van der Waals surface area contributed by atoms with E-state index in [1.54, 1.807) is 18.2 Å². The predicted octanol–water partition coefficient (Wildman–Crippen LogP) is 3.70. The molecule has 202 valence electrons. The maximum Gasteiger partial charge on any atom is 0.321 e. The molecule has 0 spiro atoms. The number of aromatic nitrogens is 2. The van der Waals surface area contributed by atoms with Gasteiger partial charge < -0.3 is 15.0 Å². The number of halogens is 1. The van der Waals surface area contributed by atoms with Crippen LogP contribution in [0.4, 0.5) is 10.6 Å². The number of hydrogen-bond acceptors (Lipinski definition) is 8. The Balaban J connectivity index is 1.15. The van der Waals surface area contributed by atoms with Crippen molar-refractivity contribution in [1.82, 2.24) is 25.5 Å². The average molecular weight is 569 g/mol. The van der Waals surface area contributed by atoms with E-state index < -0.39 is 23.5 Å². The van der Waals surface area contributed by atoms with Crippen LogP contribution in [0, 0.1) is 0 Å². The molecule has 0 bridgehead atoms. The van der Waals surface area contributed by atoms with Gasteiger partial charge in [-0.25, -0.2) is 14.8 Å². The number of hydrogen-bond donors (Lipinski definition) is 3. The first kappa shape index (κ1) is 25.5. The number of imide groups is 1. The third kappa shape index (κ3) is 5.01. The van der Waals surface area contributed by atoms with Gasteiger partial charge in [-0.05, 0) is 51.3 Å². The topological polar surface area (TPSA) is 143 Å². The summed E-state index contributed by atoms with van der Waals surface area (Å²) in [6, 6.07) is 5.50. The van der Waals surface area contributed by atoms with E-state index in [1.165, 1.54) is 16.2 Å². The Morgan fingerprint density at radius 3 is 2.72 bits per heavy atom. The number of carbonyl (C=O) groups is 4. The van der Waals surface area contributed by atoms with E-state index in [9.17, 15) is 19.2 Å². The Bertz CT molecular complexity index is 1550. The summed E-state index contributed by atoms with van der Waals surface area (Å²) in [6.07, 6.45) is 2.65. The number of carbonyl (C=O) groups excluding carboxylic acids is 4. The SMILES string of the molecule is CC(C)(NC(=O)Nc1ccc2c(n1)CN(C1CCC(=O)NC1=O)C2=O)c1nc2c(OC3CC3)cc(Cl)cc2s1. The lowest BCUT2D eigenvalue weighted by Crippen LogP contribution is -2.52. The van der Waals surface area contributed by atoms with Gasteiger partial charge >= 0.3 is 6.03 Å². The quantitative estimate of drug-likeness (QED) is 0.385. The minimum Gasteiger partial charge on any atom is -0.488 e. The second-order valence-corrected chi connectivity index (χ2v) is 11.8. The fourth-order valence-corrected chi connectivity index (χ4v) is 6.03. The number of amides is 5. The summed E-state index contributed by atoms with van der Waals surface area (Å²) in [4.78, 5) is 60.2. The van der Waals surface area contributed by atoms with E-state index in [-0.39, 0.29) is 43.1 Å². The van der Waals surface area contributed by atoms with E-state index in [4.69, 9.17) is 21.3 Å². The molecule has 1 saturated carbocycles. The molecule has 1 saturated heterocycles. The third-order valence-corrected chi connectivity index (χ3v) is 8.36. The van der Waals surface area contributed by atoms with Crippen LogP contribution < -0.4 is 20.7 Å². The van der Waals surface area contributed by atoms with Crippen LogP contribution in [0.25, 0.3) is 10.2 Å². The van der Waals surface area contributed by atoms with Gasteiger partial charge in [-0.1, -0.05) is 11.6 Å². The normalized spacial score (nSPS) is 19.2. The molecule has 13 heteroatoms. The van der Waals surface area contributed by atoms with E-state index in [1.807, 2.05) is 19.9 Å². The molecule has 3 aliphatic rings. The van der Waals surface area contributed by atoms with Gasteiger partial charge in [0.05, 0.1) is 34.1 Å². The molecular formula is C26H25ClN6O5S. The van der Waals surface area contributed by atoms with E-state index in [2.05, 4.69) is 20.9 Å². The monoisotopic (exact) mass is 568 g/mol. The number of pyridine rings is 1. The Labute approximate surface area is 232 Å². The molecule has 6 rings (SSSR count). The molecule has 2 fully saturated rings. The minimum atomic E-state index is -0.827. The van der Waals surface area contributed by atoms with Crippen LogP contribution in [-0.2, 0) is 21.7 Å². The van der Waals surface area contributed by atoms with Crippen molar-refractivity contribution in [3.8, 4) is 5.75 Å². The molecule has 1 atom stereocenters. The third-order valence-electron chi connectivity index (χ3n) is 6.82. The van der Waals surface area contributed by atoms with E-state index >= 15 is 0 Å². The van der Waals surface area contributed by atoms with Crippen molar-refractivity contribution in [2.45, 2.75) is 63.8 Å². The smallest absolute Gasteiger partial charge is 0.321 e. The largest absolute Gasteiger partial charge is 0.488 e. The molecule has 1 aromatic carbocycles. The Morgan fingerprint density at radius 1 is 1.18 bits per heavy atom. The number of thiazole rings is 1. The van der Waals surface area contributed by atoms with Crippen molar-refractivity contribution in [2.24, 2.45) is 0 Å². The highest BCUT2D eigenvalue weighted by Gasteiger charge is 2.40. The number of anilines is 1. The summed E-state index contributed by atoms with van der Waals surface area (Å²) in [7, 11) is 0. The number of rotatable bonds is 6. The van der Waals surface area contributed by atoms with Gasteiger partial charge in [0.25, 0.3) is 5.91 Å². The lowest BCUT2D eigenvalue weighted by molar-refractivity contribution is -0.136. The summed E-state index contributed by atoms with van der Waals surface area (Å²) in [5, 5.41) is 9.19. The molecule has 5 amide bonds.